The van der Waals surface area contributed by atoms with Crippen LogP contribution in [0.1, 0.15) is 25.3 Å². The summed E-state index contributed by atoms with van der Waals surface area (Å²) >= 11 is 5.83. The smallest absolute Gasteiger partial charge is 0.306 e. The van der Waals surface area contributed by atoms with Crippen LogP contribution in [0.4, 0.5) is 4.39 Å². The molecule has 1 rings (SSSR count). The van der Waals surface area contributed by atoms with E-state index in [-0.39, 0.29) is 16.5 Å². The molecule has 1 unspecified atom stereocenters. The van der Waals surface area contributed by atoms with E-state index >= 15 is 0 Å². The molecule has 0 fully saturated rings. The van der Waals surface area contributed by atoms with Gasteiger partial charge in [0, 0.05) is 18.2 Å². The fraction of sp³-hybridized carbons (Fsp3) is 0.333. The number of aliphatic carboxylic acids is 1. The summed E-state index contributed by atoms with van der Waals surface area (Å²) in [5.41, 5.74) is 0.161. The standard InChI is InChI=1S/C15H17ClFNO3/c1-10(15(20)21)4-3-9-18-14(19)8-7-11-12(16)5-2-6-13(11)17/h2,5-8,10H,3-4,9H2,1H3,(H,18,19)(H,20,21)/b8-7+. The second kappa shape index (κ2) is 8.42. The molecule has 0 aliphatic rings. The van der Waals surface area contributed by atoms with Crippen LogP contribution in [-0.4, -0.2) is 23.5 Å². The topological polar surface area (TPSA) is 66.4 Å². The van der Waals surface area contributed by atoms with E-state index in [2.05, 4.69) is 5.32 Å². The molecule has 4 nitrogen and oxygen atoms in total. The van der Waals surface area contributed by atoms with E-state index in [0.717, 1.165) is 0 Å². The molecule has 6 heteroatoms. The third kappa shape index (κ3) is 5.95. The van der Waals surface area contributed by atoms with Gasteiger partial charge < -0.3 is 10.4 Å². The third-order valence-corrected chi connectivity index (χ3v) is 3.27. The molecule has 1 aromatic rings. The molecular weight excluding hydrogens is 297 g/mol. The number of carbonyl (C=O) groups excluding carboxylic acids is 1. The molecule has 0 aromatic heterocycles. The summed E-state index contributed by atoms with van der Waals surface area (Å²) in [7, 11) is 0. The molecule has 2 N–H and O–H groups in total. The van der Waals surface area contributed by atoms with Crippen molar-refractivity contribution < 1.29 is 19.1 Å². The van der Waals surface area contributed by atoms with Gasteiger partial charge in [-0.1, -0.05) is 24.6 Å². The van der Waals surface area contributed by atoms with Gasteiger partial charge in [-0.15, -0.1) is 0 Å². The predicted molar refractivity (Wildman–Crippen MR) is 79.5 cm³/mol. The molecular formula is C15H17ClFNO3. The molecule has 1 aromatic carbocycles. The van der Waals surface area contributed by atoms with Crippen molar-refractivity contribution in [1.82, 2.24) is 5.32 Å². The van der Waals surface area contributed by atoms with Gasteiger partial charge in [0.15, 0.2) is 0 Å². The lowest BCUT2D eigenvalue weighted by atomic mass is 10.1. The third-order valence-electron chi connectivity index (χ3n) is 2.94. The summed E-state index contributed by atoms with van der Waals surface area (Å²) in [6.45, 7) is 1.98. The normalized spacial score (nSPS) is 12.3. The average molecular weight is 314 g/mol. The van der Waals surface area contributed by atoms with Crippen LogP contribution in [0.25, 0.3) is 6.08 Å². The number of amides is 1. The first-order chi connectivity index (χ1) is 9.91. The Balaban J connectivity index is 2.40. The van der Waals surface area contributed by atoms with Crippen LogP contribution < -0.4 is 5.32 Å². The molecule has 114 valence electrons. The first kappa shape index (κ1) is 17.2. The highest BCUT2D eigenvalue weighted by atomic mass is 35.5. The van der Waals surface area contributed by atoms with E-state index in [4.69, 9.17) is 16.7 Å². The number of benzene rings is 1. The molecule has 0 saturated heterocycles. The number of halogens is 2. The zero-order chi connectivity index (χ0) is 15.8. The highest BCUT2D eigenvalue weighted by Gasteiger charge is 2.09. The van der Waals surface area contributed by atoms with Gasteiger partial charge in [0.05, 0.1) is 10.9 Å². The molecule has 0 saturated carbocycles. The van der Waals surface area contributed by atoms with Crippen molar-refractivity contribution in [3.8, 4) is 0 Å². The van der Waals surface area contributed by atoms with Gasteiger partial charge in [0.25, 0.3) is 0 Å². The van der Waals surface area contributed by atoms with Crippen LogP contribution in [0.2, 0.25) is 5.02 Å². The fourth-order valence-electron chi connectivity index (χ4n) is 1.63. The van der Waals surface area contributed by atoms with Crippen LogP contribution in [0.15, 0.2) is 24.3 Å². The quantitative estimate of drug-likeness (QED) is 0.600. The van der Waals surface area contributed by atoms with Gasteiger partial charge in [-0.25, -0.2) is 4.39 Å². The van der Waals surface area contributed by atoms with Crippen molar-refractivity contribution in [3.63, 3.8) is 0 Å². The number of carboxylic acid groups (broad SMARTS) is 1. The van der Waals surface area contributed by atoms with E-state index in [0.29, 0.717) is 19.4 Å². The van der Waals surface area contributed by atoms with Gasteiger partial charge in [0.2, 0.25) is 5.91 Å². The monoisotopic (exact) mass is 313 g/mol. The summed E-state index contributed by atoms with van der Waals surface area (Å²) in [6.07, 6.45) is 3.56. The van der Waals surface area contributed by atoms with Crippen LogP contribution in [-0.2, 0) is 9.59 Å². The lowest BCUT2D eigenvalue weighted by Gasteiger charge is -2.06. The molecule has 0 bridgehead atoms. The summed E-state index contributed by atoms with van der Waals surface area (Å²) in [5, 5.41) is 11.5. The number of carbonyl (C=O) groups is 2. The lowest BCUT2D eigenvalue weighted by molar-refractivity contribution is -0.141. The Kier molecular flexibility index (Phi) is 6.88. The number of hydrogen-bond acceptors (Lipinski definition) is 2. The Bertz CT molecular complexity index is 525. The Hall–Kier alpha value is -1.88. The van der Waals surface area contributed by atoms with Crippen molar-refractivity contribution >= 4 is 29.6 Å². The van der Waals surface area contributed by atoms with Crippen LogP contribution in [0.5, 0.6) is 0 Å². The number of hydrogen-bond donors (Lipinski definition) is 2. The first-order valence-electron chi connectivity index (χ1n) is 6.54. The van der Waals surface area contributed by atoms with Crippen molar-refractivity contribution in [3.05, 3.63) is 40.7 Å². The highest BCUT2D eigenvalue weighted by Crippen LogP contribution is 2.20. The van der Waals surface area contributed by atoms with Gasteiger partial charge in [0.1, 0.15) is 5.82 Å². The molecule has 0 spiro atoms. The van der Waals surface area contributed by atoms with Crippen LogP contribution >= 0.6 is 11.6 Å². The molecule has 0 radical (unpaired) electrons. The molecule has 0 aliphatic heterocycles. The average Bonchev–Trinajstić information content (AvgIpc) is 2.42. The zero-order valence-electron chi connectivity index (χ0n) is 11.6. The van der Waals surface area contributed by atoms with E-state index in [1.54, 1.807) is 6.92 Å². The van der Waals surface area contributed by atoms with Crippen molar-refractivity contribution in [1.29, 1.82) is 0 Å². The van der Waals surface area contributed by atoms with Crippen molar-refractivity contribution in [2.75, 3.05) is 6.54 Å². The first-order valence-corrected chi connectivity index (χ1v) is 6.92. The van der Waals surface area contributed by atoms with Crippen LogP contribution in [0, 0.1) is 11.7 Å². The maximum absolute atomic E-state index is 13.4. The SMILES string of the molecule is CC(CCCNC(=O)/C=C/c1c(F)cccc1Cl)C(=O)O. The summed E-state index contributed by atoms with van der Waals surface area (Å²) in [5.74, 6) is -2.16. The fourth-order valence-corrected chi connectivity index (χ4v) is 1.86. The number of rotatable bonds is 7. The van der Waals surface area contributed by atoms with Gasteiger partial charge in [-0.3, -0.25) is 9.59 Å². The van der Waals surface area contributed by atoms with Crippen molar-refractivity contribution in [2.45, 2.75) is 19.8 Å². The summed E-state index contributed by atoms with van der Waals surface area (Å²) < 4.78 is 13.4. The molecule has 0 heterocycles. The minimum atomic E-state index is -0.851. The number of nitrogens with one attached hydrogen (secondary N) is 1. The van der Waals surface area contributed by atoms with Gasteiger partial charge in [-0.2, -0.15) is 0 Å². The molecule has 0 aliphatic carbocycles. The maximum atomic E-state index is 13.4. The van der Waals surface area contributed by atoms with Crippen LogP contribution in [0.3, 0.4) is 0 Å². The second-order valence-electron chi connectivity index (χ2n) is 4.64. The number of carboxylic acids is 1. The van der Waals surface area contributed by atoms with E-state index in [9.17, 15) is 14.0 Å². The maximum Gasteiger partial charge on any atom is 0.306 e. The zero-order valence-corrected chi connectivity index (χ0v) is 12.4. The summed E-state index contributed by atoms with van der Waals surface area (Å²) in [4.78, 5) is 22.1. The minimum Gasteiger partial charge on any atom is -0.481 e. The minimum absolute atomic E-state index is 0.161. The van der Waals surface area contributed by atoms with E-state index < -0.39 is 17.7 Å². The Morgan fingerprint density at radius 2 is 2.19 bits per heavy atom. The molecule has 1 amide bonds. The van der Waals surface area contributed by atoms with Gasteiger partial charge >= 0.3 is 5.97 Å². The summed E-state index contributed by atoms with van der Waals surface area (Å²) in [6, 6.07) is 4.28. The lowest BCUT2D eigenvalue weighted by Crippen LogP contribution is -2.23. The predicted octanol–water partition coefficient (Wildman–Crippen LogP) is 3.11. The second-order valence-corrected chi connectivity index (χ2v) is 5.05. The van der Waals surface area contributed by atoms with E-state index in [1.807, 2.05) is 0 Å². The molecule has 21 heavy (non-hydrogen) atoms. The largest absolute Gasteiger partial charge is 0.481 e. The molecule has 1 atom stereocenters. The van der Waals surface area contributed by atoms with Gasteiger partial charge in [-0.05, 0) is 31.1 Å². The van der Waals surface area contributed by atoms with E-state index in [1.165, 1.54) is 30.4 Å². The Morgan fingerprint density at radius 1 is 1.48 bits per heavy atom. The van der Waals surface area contributed by atoms with Crippen molar-refractivity contribution in [2.24, 2.45) is 5.92 Å². The highest BCUT2D eigenvalue weighted by molar-refractivity contribution is 6.32. The Morgan fingerprint density at radius 3 is 2.81 bits per heavy atom. The Labute approximate surface area is 127 Å².